The highest BCUT2D eigenvalue weighted by molar-refractivity contribution is 5.20. The van der Waals surface area contributed by atoms with E-state index in [4.69, 9.17) is 37.9 Å². The fourth-order valence-corrected chi connectivity index (χ4v) is 11.1. The van der Waals surface area contributed by atoms with Crippen LogP contribution in [0.2, 0.25) is 0 Å². The quantitative estimate of drug-likeness (QED) is 0.241. The van der Waals surface area contributed by atoms with Crippen molar-refractivity contribution < 1.29 is 53.2 Å². The fourth-order valence-electron chi connectivity index (χ4n) is 11.1. The van der Waals surface area contributed by atoms with Crippen LogP contribution in [0.4, 0.5) is 0 Å². The number of fused-ring (bicyclic) bond motifs is 7. The second-order valence-corrected chi connectivity index (χ2v) is 18.5. The first-order valence-electron chi connectivity index (χ1n) is 20.6. The Morgan fingerprint density at radius 2 is 1.56 bits per heavy atom. The van der Waals surface area contributed by atoms with Gasteiger partial charge >= 0.3 is 0 Å². The van der Waals surface area contributed by atoms with Gasteiger partial charge in [0.05, 0.1) is 83.9 Å². The third-order valence-corrected chi connectivity index (χ3v) is 14.1. The van der Waals surface area contributed by atoms with Gasteiger partial charge in [0.15, 0.2) is 0 Å². The SMILES string of the molecule is C=CC/C=C\C=C/[C@H]1O[C@H]2C[C@H]3O[C@H]4CC[C@H]5O[C@H]6C[C@@]7(C)O[C@@]8(C)[C@@H](O)C[C@H](CCCO)O[C@@H]8C[C@@H]7O[C@@H]6C[C@@H]5O[C@]4(C)C[C@]3(C)O[C@@H]2C=C[C@]1(C)O. The fraction of sp³-hybridized carbons (Fsp3) is 0.814. The zero-order valence-corrected chi connectivity index (χ0v) is 32.8. The largest absolute Gasteiger partial charge is 0.396 e. The molecule has 3 N–H and O–H groups in total. The van der Waals surface area contributed by atoms with Crippen LogP contribution in [0.15, 0.2) is 49.1 Å². The van der Waals surface area contributed by atoms with E-state index in [1.54, 1.807) is 6.92 Å². The minimum Gasteiger partial charge on any atom is -0.396 e. The lowest BCUT2D eigenvalue weighted by molar-refractivity contribution is -0.369. The van der Waals surface area contributed by atoms with Crippen LogP contribution < -0.4 is 0 Å². The summed E-state index contributed by atoms with van der Waals surface area (Å²) in [7, 11) is 0. The topological polar surface area (TPSA) is 135 Å². The van der Waals surface area contributed by atoms with Crippen LogP contribution in [0, 0.1) is 0 Å². The Hall–Kier alpha value is -1.48. The molecular formula is C43H64O11. The van der Waals surface area contributed by atoms with Gasteiger partial charge in [-0.05, 0) is 66.7 Å². The molecule has 54 heavy (non-hydrogen) atoms. The van der Waals surface area contributed by atoms with E-state index in [-0.39, 0.29) is 73.8 Å². The molecule has 302 valence electrons. The van der Waals surface area contributed by atoms with Gasteiger partial charge in [-0.25, -0.2) is 0 Å². The van der Waals surface area contributed by atoms with E-state index in [0.717, 1.165) is 19.3 Å². The second kappa shape index (κ2) is 14.7. The van der Waals surface area contributed by atoms with Crippen molar-refractivity contribution in [3.8, 4) is 0 Å². The minimum atomic E-state index is -1.19. The van der Waals surface area contributed by atoms with Crippen LogP contribution in [0.3, 0.4) is 0 Å². The van der Waals surface area contributed by atoms with E-state index in [2.05, 4.69) is 27.4 Å². The van der Waals surface area contributed by atoms with Gasteiger partial charge in [0, 0.05) is 45.1 Å². The van der Waals surface area contributed by atoms with E-state index < -0.39 is 40.2 Å². The lowest BCUT2D eigenvalue weighted by Crippen LogP contribution is -2.72. The average Bonchev–Trinajstić information content (AvgIpc) is 3.31. The van der Waals surface area contributed by atoms with Gasteiger partial charge in [-0.1, -0.05) is 42.5 Å². The number of hydrogen-bond donors (Lipinski definition) is 3. The summed E-state index contributed by atoms with van der Waals surface area (Å²) in [5, 5.41) is 32.1. The number of ether oxygens (including phenoxy) is 8. The number of aliphatic hydroxyl groups is 3. The lowest BCUT2D eigenvalue weighted by Gasteiger charge is -2.61. The zero-order chi connectivity index (χ0) is 38.1. The maximum absolute atomic E-state index is 11.3. The molecule has 0 bridgehead atoms. The van der Waals surface area contributed by atoms with Crippen LogP contribution in [0.25, 0.3) is 0 Å². The van der Waals surface area contributed by atoms with E-state index in [0.29, 0.717) is 51.4 Å². The smallest absolute Gasteiger partial charge is 0.118 e. The molecular weight excluding hydrogens is 692 g/mol. The molecule has 7 saturated heterocycles. The lowest BCUT2D eigenvalue weighted by atomic mass is 9.72. The van der Waals surface area contributed by atoms with Gasteiger partial charge in [0.2, 0.25) is 0 Å². The molecule has 8 rings (SSSR count). The third kappa shape index (κ3) is 7.16. The summed E-state index contributed by atoms with van der Waals surface area (Å²) >= 11 is 0. The standard InChI is InChI=1S/C43H64O11/c1-7-8-9-10-11-14-34-39(2,46)18-17-28-30(49-34)22-36-42(5,52-28)25-41(4)35(51-36)16-15-27-31(53-41)21-29-32(48-27)24-40(3)37(50-29)23-38-43(6,54-40)33(45)20-26(47-38)13-12-19-44/h7,9-11,14,17-18,26-38,44-46H,1,8,12-13,15-16,19-25H2,2-6H3/b10-9-,14-11-/t26-,27+,28+,29+,30-,31-,32-,33-,34+,35-,36+,37-,38+,39-,40+,41+,42-,43-/m0/s1. The molecule has 0 amide bonds. The monoisotopic (exact) mass is 756 g/mol. The first-order valence-corrected chi connectivity index (χ1v) is 20.6. The summed E-state index contributed by atoms with van der Waals surface area (Å²) in [5.74, 6) is 0. The van der Waals surface area contributed by atoms with E-state index in [9.17, 15) is 15.3 Å². The van der Waals surface area contributed by atoms with Crippen molar-refractivity contribution in [1.82, 2.24) is 0 Å². The van der Waals surface area contributed by atoms with Gasteiger partial charge in [0.1, 0.15) is 23.4 Å². The predicted octanol–water partition coefficient (Wildman–Crippen LogP) is 4.94. The van der Waals surface area contributed by atoms with Gasteiger partial charge < -0.3 is 53.2 Å². The highest BCUT2D eigenvalue weighted by Gasteiger charge is 2.64. The van der Waals surface area contributed by atoms with Crippen LogP contribution in [0.5, 0.6) is 0 Å². The van der Waals surface area contributed by atoms with Crippen LogP contribution >= 0.6 is 0 Å². The van der Waals surface area contributed by atoms with Crippen LogP contribution in [-0.4, -0.2) is 129 Å². The van der Waals surface area contributed by atoms with Crippen LogP contribution in [-0.2, 0) is 37.9 Å². The van der Waals surface area contributed by atoms with Crippen molar-refractivity contribution in [3.63, 3.8) is 0 Å². The van der Waals surface area contributed by atoms with Gasteiger partial charge in [-0.2, -0.15) is 0 Å². The molecule has 0 radical (unpaired) electrons. The predicted molar refractivity (Wildman–Crippen MR) is 200 cm³/mol. The molecule has 8 heterocycles. The first-order chi connectivity index (χ1) is 25.7. The molecule has 0 spiro atoms. The van der Waals surface area contributed by atoms with Gasteiger partial charge in [-0.15, -0.1) is 6.58 Å². The second-order valence-electron chi connectivity index (χ2n) is 18.5. The normalized spacial score (nSPS) is 54.2. The van der Waals surface area contributed by atoms with Crippen molar-refractivity contribution >= 4 is 0 Å². The highest BCUT2D eigenvalue weighted by atomic mass is 16.6. The summed E-state index contributed by atoms with van der Waals surface area (Å²) in [6.07, 6.45) is 17.5. The molecule has 11 heteroatoms. The molecule has 7 fully saturated rings. The van der Waals surface area contributed by atoms with E-state index in [1.165, 1.54) is 0 Å². The average molecular weight is 757 g/mol. The highest BCUT2D eigenvalue weighted by Crippen LogP contribution is 2.54. The molecule has 18 atom stereocenters. The maximum Gasteiger partial charge on any atom is 0.118 e. The Morgan fingerprint density at radius 3 is 2.35 bits per heavy atom. The molecule has 0 aliphatic carbocycles. The number of rotatable bonds is 7. The van der Waals surface area contributed by atoms with E-state index >= 15 is 0 Å². The molecule has 0 saturated carbocycles. The van der Waals surface area contributed by atoms with E-state index in [1.807, 2.05) is 49.5 Å². The van der Waals surface area contributed by atoms with Crippen molar-refractivity contribution in [2.45, 2.75) is 213 Å². The Bertz CT molecular complexity index is 1460. The van der Waals surface area contributed by atoms with Crippen molar-refractivity contribution in [2.75, 3.05) is 6.61 Å². The van der Waals surface area contributed by atoms with Gasteiger partial charge in [-0.3, -0.25) is 0 Å². The van der Waals surface area contributed by atoms with Crippen molar-refractivity contribution in [3.05, 3.63) is 49.1 Å². The molecule has 0 aromatic heterocycles. The molecule has 8 aliphatic heterocycles. The molecule has 0 aromatic carbocycles. The summed E-state index contributed by atoms with van der Waals surface area (Å²) in [6, 6.07) is 0. The molecule has 0 aromatic rings. The first kappa shape index (κ1) is 39.4. The zero-order valence-electron chi connectivity index (χ0n) is 32.8. The minimum absolute atomic E-state index is 0.104. The van der Waals surface area contributed by atoms with Crippen LogP contribution in [0.1, 0.15) is 105 Å². The molecule has 8 aliphatic rings. The summed E-state index contributed by atoms with van der Waals surface area (Å²) < 4.78 is 54.9. The Balaban J connectivity index is 0.950. The number of hydrogen-bond acceptors (Lipinski definition) is 11. The summed E-state index contributed by atoms with van der Waals surface area (Å²) in [6.45, 7) is 14.0. The Morgan fingerprint density at radius 1 is 0.759 bits per heavy atom. The number of aliphatic hydroxyl groups excluding tert-OH is 2. The molecule has 0 unspecified atom stereocenters. The maximum atomic E-state index is 11.3. The van der Waals surface area contributed by atoms with Crippen molar-refractivity contribution in [1.29, 1.82) is 0 Å². The van der Waals surface area contributed by atoms with Gasteiger partial charge in [0.25, 0.3) is 0 Å². The molecule has 11 nitrogen and oxygen atoms in total. The Labute approximate surface area is 321 Å². The number of allylic oxidation sites excluding steroid dienone is 4. The van der Waals surface area contributed by atoms with Crippen molar-refractivity contribution in [2.24, 2.45) is 0 Å². The summed E-state index contributed by atoms with van der Waals surface area (Å²) in [4.78, 5) is 0. The summed E-state index contributed by atoms with van der Waals surface area (Å²) in [5.41, 5.74) is -3.89. The Kier molecular flexibility index (Phi) is 10.7. The third-order valence-electron chi connectivity index (χ3n) is 14.1.